The van der Waals surface area contributed by atoms with Gasteiger partial charge in [0.1, 0.15) is 10.1 Å². The average Bonchev–Trinajstić information content (AvgIpc) is 3.00. The second kappa shape index (κ2) is 7.48. The van der Waals surface area contributed by atoms with E-state index in [-0.39, 0.29) is 18.3 Å². The minimum Gasteiger partial charge on any atom is -0.466 e. The molecule has 1 amide bonds. The maximum Gasteiger partial charge on any atom is 0.310 e. The van der Waals surface area contributed by atoms with E-state index >= 15 is 0 Å². The Balaban J connectivity index is 1.85. The molecule has 0 spiro atoms. The lowest BCUT2D eigenvalue weighted by Crippen LogP contribution is -2.15. The number of aromatic nitrogens is 2. The van der Waals surface area contributed by atoms with E-state index in [4.69, 9.17) is 4.74 Å². The van der Waals surface area contributed by atoms with E-state index in [0.717, 1.165) is 5.52 Å². The fraction of sp³-hybridized carbons (Fsp3) is 0.167. The Labute approximate surface area is 152 Å². The molecule has 0 saturated carbocycles. The molecule has 3 rings (SSSR count). The Morgan fingerprint density at radius 2 is 2.04 bits per heavy atom. The molecule has 128 valence electrons. The third-order valence-electron chi connectivity index (χ3n) is 3.64. The monoisotopic (exact) mass is 401 g/mol. The summed E-state index contributed by atoms with van der Waals surface area (Å²) in [6.45, 7) is 2.08. The van der Waals surface area contributed by atoms with Gasteiger partial charge in [0.2, 0.25) is 0 Å². The summed E-state index contributed by atoms with van der Waals surface area (Å²) in [7, 11) is 0. The van der Waals surface area contributed by atoms with E-state index in [0.29, 0.717) is 33.5 Å². The smallest absolute Gasteiger partial charge is 0.310 e. The van der Waals surface area contributed by atoms with Crippen molar-refractivity contribution in [2.45, 2.75) is 13.3 Å². The Kier molecular flexibility index (Phi) is 5.14. The van der Waals surface area contributed by atoms with E-state index in [9.17, 15) is 9.59 Å². The third-order valence-corrected chi connectivity index (χ3v) is 4.08. The number of halogens is 1. The van der Waals surface area contributed by atoms with Gasteiger partial charge in [0.05, 0.1) is 24.1 Å². The number of carbonyl (C=O) groups is 2. The molecule has 0 aliphatic rings. The van der Waals surface area contributed by atoms with Crippen molar-refractivity contribution in [1.29, 1.82) is 0 Å². The summed E-state index contributed by atoms with van der Waals surface area (Å²) in [5.41, 5.74) is 3.05. The maximum atomic E-state index is 12.7. The predicted octanol–water partition coefficient (Wildman–Crippen LogP) is 3.68. The SMILES string of the molecule is CCOC(=O)Cc1ccccc1NC(=O)c1c[nH]c2ccc(Br)nc12. The molecule has 0 radical (unpaired) electrons. The largest absolute Gasteiger partial charge is 0.466 e. The number of pyridine rings is 1. The molecule has 3 aromatic rings. The quantitative estimate of drug-likeness (QED) is 0.504. The molecule has 0 aliphatic heterocycles. The molecule has 0 aliphatic carbocycles. The van der Waals surface area contributed by atoms with Crippen molar-refractivity contribution >= 4 is 44.5 Å². The van der Waals surface area contributed by atoms with Crippen LogP contribution in [0.15, 0.2) is 47.2 Å². The zero-order chi connectivity index (χ0) is 17.8. The fourth-order valence-electron chi connectivity index (χ4n) is 2.50. The number of carbonyl (C=O) groups excluding carboxylic acids is 2. The Bertz CT molecular complexity index is 936. The zero-order valence-corrected chi connectivity index (χ0v) is 15.1. The van der Waals surface area contributed by atoms with Crippen LogP contribution in [-0.4, -0.2) is 28.5 Å². The molecule has 0 saturated heterocycles. The van der Waals surface area contributed by atoms with E-state index in [1.54, 1.807) is 37.4 Å². The summed E-state index contributed by atoms with van der Waals surface area (Å²) in [5.74, 6) is -0.630. The van der Waals surface area contributed by atoms with Gasteiger partial charge in [-0.15, -0.1) is 0 Å². The van der Waals surface area contributed by atoms with E-state index in [1.807, 2.05) is 12.1 Å². The van der Waals surface area contributed by atoms with Crippen LogP contribution in [0.3, 0.4) is 0 Å². The number of hydrogen-bond acceptors (Lipinski definition) is 4. The number of hydrogen-bond donors (Lipinski definition) is 2. The Morgan fingerprint density at radius 1 is 1.24 bits per heavy atom. The topological polar surface area (TPSA) is 84.1 Å². The van der Waals surface area contributed by atoms with Crippen molar-refractivity contribution in [2.24, 2.45) is 0 Å². The number of aromatic amines is 1. The number of rotatable bonds is 5. The first-order valence-electron chi connectivity index (χ1n) is 7.77. The summed E-state index contributed by atoms with van der Waals surface area (Å²) in [6.07, 6.45) is 1.72. The second-order valence-electron chi connectivity index (χ2n) is 5.33. The number of anilines is 1. The highest BCUT2D eigenvalue weighted by Crippen LogP contribution is 2.22. The Hall–Kier alpha value is -2.67. The number of H-pyrrole nitrogens is 1. The minimum atomic E-state index is -0.332. The third kappa shape index (κ3) is 3.88. The molecule has 2 N–H and O–H groups in total. The van der Waals surface area contributed by atoms with Gasteiger partial charge in [-0.25, -0.2) is 4.98 Å². The number of fused-ring (bicyclic) bond motifs is 1. The van der Waals surface area contributed by atoms with Crippen molar-refractivity contribution in [3.05, 3.63) is 58.3 Å². The average molecular weight is 402 g/mol. The molecule has 0 bridgehead atoms. The predicted molar refractivity (Wildman–Crippen MR) is 98.5 cm³/mol. The van der Waals surface area contributed by atoms with Crippen molar-refractivity contribution < 1.29 is 14.3 Å². The number of esters is 1. The van der Waals surface area contributed by atoms with Gasteiger partial charge in [-0.1, -0.05) is 18.2 Å². The number of benzene rings is 1. The second-order valence-corrected chi connectivity index (χ2v) is 6.14. The lowest BCUT2D eigenvalue weighted by Gasteiger charge is -2.10. The highest BCUT2D eigenvalue weighted by Gasteiger charge is 2.16. The molecule has 1 aromatic carbocycles. The molecule has 7 heteroatoms. The molecule has 2 aromatic heterocycles. The molecular weight excluding hydrogens is 386 g/mol. The van der Waals surface area contributed by atoms with Crippen LogP contribution < -0.4 is 5.32 Å². The summed E-state index contributed by atoms with van der Waals surface area (Å²) in [5, 5.41) is 2.85. The van der Waals surface area contributed by atoms with Crippen molar-refractivity contribution in [2.75, 3.05) is 11.9 Å². The van der Waals surface area contributed by atoms with Crippen molar-refractivity contribution in [3.63, 3.8) is 0 Å². The van der Waals surface area contributed by atoms with Crippen LogP contribution in [0.1, 0.15) is 22.8 Å². The van der Waals surface area contributed by atoms with Crippen molar-refractivity contribution in [3.8, 4) is 0 Å². The molecule has 0 fully saturated rings. The first kappa shape index (κ1) is 17.2. The molecule has 2 heterocycles. The first-order chi connectivity index (χ1) is 12.1. The zero-order valence-electron chi connectivity index (χ0n) is 13.5. The van der Waals surface area contributed by atoms with Gasteiger partial charge < -0.3 is 15.0 Å². The van der Waals surface area contributed by atoms with Crippen molar-refractivity contribution in [1.82, 2.24) is 9.97 Å². The minimum absolute atomic E-state index is 0.0992. The molecule has 0 unspecified atom stereocenters. The normalized spacial score (nSPS) is 10.6. The van der Waals surface area contributed by atoms with Crippen LogP contribution in [-0.2, 0) is 16.0 Å². The summed E-state index contributed by atoms with van der Waals surface area (Å²) in [4.78, 5) is 31.8. The van der Waals surface area contributed by atoms with Gasteiger partial charge in [-0.3, -0.25) is 9.59 Å². The first-order valence-corrected chi connectivity index (χ1v) is 8.56. The van der Waals surface area contributed by atoms with Crippen LogP contribution >= 0.6 is 15.9 Å². The molecule has 6 nitrogen and oxygen atoms in total. The summed E-state index contributed by atoms with van der Waals surface area (Å²) >= 11 is 3.31. The van der Waals surface area contributed by atoms with E-state index in [2.05, 4.69) is 31.2 Å². The highest BCUT2D eigenvalue weighted by atomic mass is 79.9. The van der Waals surface area contributed by atoms with Crippen LogP contribution in [0.4, 0.5) is 5.69 Å². The van der Waals surface area contributed by atoms with Gasteiger partial charge in [0.15, 0.2) is 0 Å². The van der Waals surface area contributed by atoms with Gasteiger partial charge in [-0.05, 0) is 46.6 Å². The van der Waals surface area contributed by atoms with Crippen LogP contribution in [0.25, 0.3) is 11.0 Å². The Morgan fingerprint density at radius 3 is 2.84 bits per heavy atom. The van der Waals surface area contributed by atoms with Gasteiger partial charge in [-0.2, -0.15) is 0 Å². The number of nitrogens with zero attached hydrogens (tertiary/aromatic N) is 1. The van der Waals surface area contributed by atoms with Crippen LogP contribution in [0.5, 0.6) is 0 Å². The summed E-state index contributed by atoms with van der Waals surface area (Å²) in [6, 6.07) is 10.8. The number of amides is 1. The fourth-order valence-corrected chi connectivity index (χ4v) is 2.81. The van der Waals surface area contributed by atoms with E-state index in [1.165, 1.54) is 0 Å². The van der Waals surface area contributed by atoms with Gasteiger partial charge in [0, 0.05) is 11.9 Å². The summed E-state index contributed by atoms with van der Waals surface area (Å²) < 4.78 is 5.63. The number of nitrogens with one attached hydrogen (secondary N) is 2. The lowest BCUT2D eigenvalue weighted by molar-refractivity contribution is -0.142. The lowest BCUT2D eigenvalue weighted by atomic mass is 10.1. The standard InChI is InChI=1S/C18H16BrN3O3/c1-2-25-16(23)9-11-5-3-4-6-13(11)21-18(24)12-10-20-14-7-8-15(19)22-17(12)14/h3-8,10,20H,2,9H2,1H3,(H,21,24). The van der Waals surface area contributed by atoms with Gasteiger partial charge >= 0.3 is 5.97 Å². The van der Waals surface area contributed by atoms with E-state index < -0.39 is 0 Å². The molecule has 25 heavy (non-hydrogen) atoms. The maximum absolute atomic E-state index is 12.7. The van der Waals surface area contributed by atoms with Crippen LogP contribution in [0.2, 0.25) is 0 Å². The number of para-hydroxylation sites is 1. The van der Waals surface area contributed by atoms with Gasteiger partial charge in [0.25, 0.3) is 5.91 Å². The highest BCUT2D eigenvalue weighted by molar-refractivity contribution is 9.10. The molecule has 0 atom stereocenters. The number of ether oxygens (including phenoxy) is 1. The van der Waals surface area contributed by atoms with Crippen LogP contribution in [0, 0.1) is 0 Å². The molecular formula is C18H16BrN3O3.